The summed E-state index contributed by atoms with van der Waals surface area (Å²) in [4.78, 5) is 10.5. The first-order chi connectivity index (χ1) is 5.06. The average Bonchev–Trinajstić information content (AvgIpc) is 2.08. The molecule has 1 atom stereocenters. The van der Waals surface area contributed by atoms with E-state index in [-0.39, 0.29) is 5.75 Å². The predicted octanol–water partition coefficient (Wildman–Crippen LogP) is -0.861. The predicted molar refractivity (Wildman–Crippen MR) is 38.0 cm³/mol. The van der Waals surface area contributed by atoms with Crippen molar-refractivity contribution in [2.24, 2.45) is 0 Å². The Kier molecular flexibility index (Phi) is 2.15. The lowest BCUT2D eigenvalue weighted by molar-refractivity contribution is 0.144. The minimum absolute atomic E-state index is 0.202. The number of carbonyl (C=O) groups is 1. The Labute approximate surface area is 64.6 Å². The van der Waals surface area contributed by atoms with Crippen molar-refractivity contribution < 1.29 is 17.9 Å². The SMILES string of the molecule is CNCC1CS(=O)(=O)C(=O)O1. The van der Waals surface area contributed by atoms with Crippen molar-refractivity contribution in [2.75, 3.05) is 19.3 Å². The molecular weight excluding hydrogens is 170 g/mol. The summed E-state index contributed by atoms with van der Waals surface area (Å²) >= 11 is 0. The lowest BCUT2D eigenvalue weighted by Gasteiger charge is -2.03. The van der Waals surface area contributed by atoms with Gasteiger partial charge < -0.3 is 10.1 Å². The Morgan fingerprint density at radius 1 is 1.73 bits per heavy atom. The molecule has 6 heteroatoms. The number of carbonyl (C=O) groups excluding carboxylic acids is 1. The number of cyclic esters (lactones) is 1. The van der Waals surface area contributed by atoms with Gasteiger partial charge in [-0.25, -0.2) is 13.2 Å². The molecule has 0 bridgehead atoms. The summed E-state index contributed by atoms with van der Waals surface area (Å²) < 4.78 is 26.0. The molecule has 0 aromatic rings. The van der Waals surface area contributed by atoms with Crippen LogP contribution in [0.25, 0.3) is 0 Å². The van der Waals surface area contributed by atoms with Crippen LogP contribution < -0.4 is 5.32 Å². The third-order valence-corrected chi connectivity index (χ3v) is 2.77. The molecule has 0 aliphatic carbocycles. The Morgan fingerprint density at radius 3 is 2.73 bits per heavy atom. The zero-order valence-electron chi connectivity index (χ0n) is 6.03. The van der Waals surface area contributed by atoms with Gasteiger partial charge in [0.1, 0.15) is 6.10 Å². The van der Waals surface area contributed by atoms with Crippen LogP contribution in [-0.2, 0) is 14.6 Å². The highest BCUT2D eigenvalue weighted by atomic mass is 32.2. The summed E-state index contributed by atoms with van der Waals surface area (Å²) in [6, 6.07) is 0. The number of hydrogen-bond donors (Lipinski definition) is 1. The van der Waals surface area contributed by atoms with Gasteiger partial charge in [0.15, 0.2) is 0 Å². The summed E-state index contributed by atoms with van der Waals surface area (Å²) in [6.07, 6.45) is -0.516. The van der Waals surface area contributed by atoms with Crippen molar-refractivity contribution in [1.29, 1.82) is 0 Å². The van der Waals surface area contributed by atoms with Gasteiger partial charge in [0.25, 0.3) is 9.84 Å². The highest BCUT2D eigenvalue weighted by Gasteiger charge is 2.38. The van der Waals surface area contributed by atoms with Crippen molar-refractivity contribution in [3.05, 3.63) is 0 Å². The number of ether oxygens (including phenoxy) is 1. The largest absolute Gasteiger partial charge is 0.448 e. The second-order valence-electron chi connectivity index (χ2n) is 2.33. The summed E-state index contributed by atoms with van der Waals surface area (Å²) in [5, 5.41) is 1.63. The lowest BCUT2D eigenvalue weighted by atomic mass is 10.4. The highest BCUT2D eigenvalue weighted by Crippen LogP contribution is 2.12. The molecule has 1 saturated heterocycles. The summed E-state index contributed by atoms with van der Waals surface area (Å²) in [5.74, 6) is -0.202. The zero-order chi connectivity index (χ0) is 8.48. The van der Waals surface area contributed by atoms with Crippen LogP contribution in [0.4, 0.5) is 4.79 Å². The maximum Gasteiger partial charge on any atom is 0.425 e. The molecular formula is C5H9NO4S. The standard InChI is InChI=1S/C5H9NO4S/c1-6-2-4-3-11(8,9)5(7)10-4/h4,6H,2-3H2,1H3. The number of hydrogen-bond acceptors (Lipinski definition) is 5. The molecule has 1 N–H and O–H groups in total. The normalized spacial score (nSPS) is 28.5. The molecule has 0 aromatic carbocycles. The van der Waals surface area contributed by atoms with E-state index in [2.05, 4.69) is 10.1 Å². The third-order valence-electron chi connectivity index (χ3n) is 1.35. The van der Waals surface area contributed by atoms with Crippen LogP contribution >= 0.6 is 0 Å². The van der Waals surface area contributed by atoms with Crippen molar-refractivity contribution >= 4 is 15.1 Å². The maximum absolute atomic E-state index is 10.7. The van der Waals surface area contributed by atoms with Crippen LogP contribution in [0.3, 0.4) is 0 Å². The molecule has 0 amide bonds. The highest BCUT2D eigenvalue weighted by molar-refractivity contribution is 8.06. The van der Waals surface area contributed by atoms with E-state index in [1.54, 1.807) is 7.05 Å². The van der Waals surface area contributed by atoms with E-state index in [9.17, 15) is 13.2 Å². The first-order valence-corrected chi connectivity index (χ1v) is 4.79. The van der Waals surface area contributed by atoms with Crippen molar-refractivity contribution in [2.45, 2.75) is 6.10 Å². The fourth-order valence-corrected chi connectivity index (χ4v) is 1.98. The van der Waals surface area contributed by atoms with Crippen molar-refractivity contribution in [3.63, 3.8) is 0 Å². The van der Waals surface area contributed by atoms with Gasteiger partial charge in [-0.05, 0) is 7.05 Å². The van der Waals surface area contributed by atoms with Crippen LogP contribution in [-0.4, -0.2) is 39.2 Å². The summed E-state index contributed by atoms with van der Waals surface area (Å²) in [6.45, 7) is 0.380. The second kappa shape index (κ2) is 2.78. The van der Waals surface area contributed by atoms with E-state index in [1.165, 1.54) is 0 Å². The second-order valence-corrected chi connectivity index (χ2v) is 4.23. The first-order valence-electron chi connectivity index (χ1n) is 3.14. The summed E-state index contributed by atoms with van der Waals surface area (Å²) in [5.41, 5.74) is 0. The molecule has 0 saturated carbocycles. The van der Waals surface area contributed by atoms with Crippen LogP contribution in [0.2, 0.25) is 0 Å². The van der Waals surface area contributed by atoms with Crippen LogP contribution in [0.15, 0.2) is 0 Å². The van der Waals surface area contributed by atoms with Crippen LogP contribution in [0.5, 0.6) is 0 Å². The van der Waals surface area contributed by atoms with Gasteiger partial charge in [-0.15, -0.1) is 0 Å². The maximum atomic E-state index is 10.7. The van der Waals surface area contributed by atoms with Gasteiger partial charge in [-0.1, -0.05) is 0 Å². The average molecular weight is 179 g/mol. The summed E-state index contributed by atoms with van der Waals surface area (Å²) in [7, 11) is -1.93. The molecule has 1 rings (SSSR count). The molecule has 0 aromatic heterocycles. The number of nitrogens with one attached hydrogen (secondary N) is 1. The van der Waals surface area contributed by atoms with E-state index in [4.69, 9.17) is 0 Å². The molecule has 1 aliphatic heterocycles. The van der Waals surface area contributed by atoms with Crippen molar-refractivity contribution in [3.8, 4) is 0 Å². The van der Waals surface area contributed by atoms with Crippen LogP contribution in [0, 0.1) is 0 Å². The van der Waals surface area contributed by atoms with E-state index >= 15 is 0 Å². The number of likely N-dealkylation sites (N-methyl/N-ethyl adjacent to an activating group) is 1. The van der Waals surface area contributed by atoms with Crippen LogP contribution in [0.1, 0.15) is 0 Å². The smallest absolute Gasteiger partial charge is 0.425 e. The number of rotatable bonds is 2. The van der Waals surface area contributed by atoms with Crippen molar-refractivity contribution in [1.82, 2.24) is 5.32 Å². The fraction of sp³-hybridized carbons (Fsp3) is 0.800. The molecule has 1 unspecified atom stereocenters. The minimum atomic E-state index is -3.60. The van der Waals surface area contributed by atoms with Gasteiger partial charge in [-0.3, -0.25) is 0 Å². The fourth-order valence-electron chi connectivity index (χ4n) is 0.884. The van der Waals surface area contributed by atoms with Gasteiger partial charge >= 0.3 is 5.30 Å². The topological polar surface area (TPSA) is 72.5 Å². The lowest BCUT2D eigenvalue weighted by Crippen LogP contribution is -2.25. The Bertz CT molecular complexity index is 258. The molecule has 5 nitrogen and oxygen atoms in total. The third kappa shape index (κ3) is 1.69. The molecule has 1 heterocycles. The monoisotopic (exact) mass is 179 g/mol. The quantitative estimate of drug-likeness (QED) is 0.558. The molecule has 1 aliphatic rings. The van der Waals surface area contributed by atoms with Gasteiger partial charge in [0, 0.05) is 6.54 Å². The van der Waals surface area contributed by atoms with Gasteiger partial charge in [-0.2, -0.15) is 0 Å². The molecule has 0 spiro atoms. The molecule has 64 valence electrons. The molecule has 1 fully saturated rings. The Hall–Kier alpha value is -0.620. The first kappa shape index (κ1) is 8.48. The van der Waals surface area contributed by atoms with Gasteiger partial charge in [0.05, 0.1) is 5.75 Å². The van der Waals surface area contributed by atoms with E-state index in [0.29, 0.717) is 6.54 Å². The van der Waals surface area contributed by atoms with E-state index < -0.39 is 21.2 Å². The van der Waals surface area contributed by atoms with Gasteiger partial charge in [0.2, 0.25) is 0 Å². The minimum Gasteiger partial charge on any atom is -0.448 e. The number of sulfone groups is 1. The molecule has 11 heavy (non-hydrogen) atoms. The van der Waals surface area contributed by atoms with E-state index in [1.807, 2.05) is 0 Å². The van der Waals surface area contributed by atoms with E-state index in [0.717, 1.165) is 0 Å². The Balaban J connectivity index is 2.65. The zero-order valence-corrected chi connectivity index (χ0v) is 6.85. The molecule has 0 radical (unpaired) electrons. The Morgan fingerprint density at radius 2 is 2.36 bits per heavy atom.